The molecule has 0 spiro atoms. The van der Waals surface area contributed by atoms with Crippen molar-refractivity contribution >= 4 is 21.6 Å². The highest BCUT2D eigenvalue weighted by Gasteiger charge is 2.17. The van der Waals surface area contributed by atoms with Crippen molar-refractivity contribution in [2.45, 2.75) is 25.8 Å². The molecule has 2 heterocycles. The van der Waals surface area contributed by atoms with Gasteiger partial charge in [0.15, 0.2) is 4.67 Å². The summed E-state index contributed by atoms with van der Waals surface area (Å²) in [5.41, 5.74) is 2.90. The van der Waals surface area contributed by atoms with Crippen molar-refractivity contribution in [1.82, 2.24) is 5.32 Å². The number of nitrogens with one attached hydrogen (secondary N) is 1. The van der Waals surface area contributed by atoms with Crippen molar-refractivity contribution < 1.29 is 4.42 Å². The third-order valence-electron chi connectivity index (χ3n) is 4.06. The Morgan fingerprint density at radius 3 is 2.95 bits per heavy atom. The Bertz CT molecular complexity index is 596. The Balaban J connectivity index is 1.43. The lowest BCUT2D eigenvalue weighted by Gasteiger charge is -2.20. The van der Waals surface area contributed by atoms with Crippen molar-refractivity contribution in [1.29, 1.82) is 0 Å². The number of anilines is 1. The summed E-state index contributed by atoms with van der Waals surface area (Å²) in [7, 11) is 0. The van der Waals surface area contributed by atoms with Gasteiger partial charge < -0.3 is 14.6 Å². The molecule has 0 aliphatic carbocycles. The third-order valence-corrected chi connectivity index (χ3v) is 4.49. The van der Waals surface area contributed by atoms with E-state index in [0.717, 1.165) is 36.5 Å². The van der Waals surface area contributed by atoms with Crippen LogP contribution in [-0.2, 0) is 6.42 Å². The van der Waals surface area contributed by atoms with E-state index in [-0.39, 0.29) is 6.04 Å². The maximum Gasteiger partial charge on any atom is 0.169 e. The Kier molecular flexibility index (Phi) is 4.66. The minimum Gasteiger partial charge on any atom is -0.453 e. The highest BCUT2D eigenvalue weighted by Crippen LogP contribution is 2.27. The summed E-state index contributed by atoms with van der Waals surface area (Å²) < 4.78 is 6.36. The molecule has 1 aromatic carbocycles. The molecule has 0 bridgehead atoms. The number of furan rings is 1. The zero-order valence-corrected chi connectivity index (χ0v) is 13.9. The van der Waals surface area contributed by atoms with Gasteiger partial charge in [0.05, 0.1) is 6.04 Å². The van der Waals surface area contributed by atoms with Crippen LogP contribution >= 0.6 is 15.9 Å². The summed E-state index contributed by atoms with van der Waals surface area (Å²) in [4.78, 5) is 2.49. The Hall–Kier alpha value is -1.26. The Morgan fingerprint density at radius 2 is 2.14 bits per heavy atom. The van der Waals surface area contributed by atoms with Gasteiger partial charge in [0.2, 0.25) is 0 Å². The first-order chi connectivity index (χ1) is 10.2. The molecular weight excluding hydrogens is 328 g/mol. The van der Waals surface area contributed by atoms with Crippen LogP contribution < -0.4 is 10.2 Å². The number of benzene rings is 1. The van der Waals surface area contributed by atoms with E-state index in [0.29, 0.717) is 0 Å². The lowest BCUT2D eigenvalue weighted by atomic mass is 10.2. The molecule has 0 saturated heterocycles. The van der Waals surface area contributed by atoms with Gasteiger partial charge >= 0.3 is 0 Å². The van der Waals surface area contributed by atoms with Gasteiger partial charge in [0.1, 0.15) is 5.76 Å². The maximum atomic E-state index is 5.57. The van der Waals surface area contributed by atoms with E-state index in [1.807, 2.05) is 12.1 Å². The van der Waals surface area contributed by atoms with Crippen LogP contribution in [0.3, 0.4) is 0 Å². The minimum absolute atomic E-state index is 0.252. The zero-order valence-electron chi connectivity index (χ0n) is 12.3. The number of halogens is 1. The number of rotatable bonds is 6. The molecule has 1 aliphatic rings. The Morgan fingerprint density at radius 1 is 1.29 bits per heavy atom. The topological polar surface area (TPSA) is 28.4 Å². The molecule has 112 valence electrons. The molecule has 4 heteroatoms. The zero-order chi connectivity index (χ0) is 14.7. The van der Waals surface area contributed by atoms with Crippen LogP contribution in [0.25, 0.3) is 0 Å². The molecule has 0 radical (unpaired) electrons. The second-order valence-electron chi connectivity index (χ2n) is 5.54. The van der Waals surface area contributed by atoms with Gasteiger partial charge in [-0.1, -0.05) is 18.2 Å². The first-order valence-electron chi connectivity index (χ1n) is 7.55. The average molecular weight is 349 g/mol. The smallest absolute Gasteiger partial charge is 0.169 e. The van der Waals surface area contributed by atoms with Gasteiger partial charge in [-0.3, -0.25) is 0 Å². The van der Waals surface area contributed by atoms with Gasteiger partial charge in [-0.05, 0) is 66.0 Å². The molecule has 1 N–H and O–H groups in total. The van der Waals surface area contributed by atoms with Gasteiger partial charge in [-0.25, -0.2) is 0 Å². The van der Waals surface area contributed by atoms with Crippen LogP contribution in [0.5, 0.6) is 0 Å². The summed E-state index contributed by atoms with van der Waals surface area (Å²) in [5.74, 6) is 0.980. The van der Waals surface area contributed by atoms with E-state index in [1.165, 1.54) is 17.7 Å². The molecule has 3 rings (SSSR count). The van der Waals surface area contributed by atoms with Gasteiger partial charge in [-0.2, -0.15) is 0 Å². The Labute approximate surface area is 134 Å². The highest BCUT2D eigenvalue weighted by atomic mass is 79.9. The third kappa shape index (κ3) is 3.50. The molecule has 1 unspecified atom stereocenters. The van der Waals surface area contributed by atoms with Crippen molar-refractivity contribution in [3.63, 3.8) is 0 Å². The predicted octanol–water partition coefficient (Wildman–Crippen LogP) is 4.15. The highest BCUT2D eigenvalue weighted by molar-refractivity contribution is 9.10. The quantitative estimate of drug-likeness (QED) is 0.795. The van der Waals surface area contributed by atoms with E-state index in [2.05, 4.69) is 57.3 Å². The summed E-state index contributed by atoms with van der Waals surface area (Å²) in [5, 5.41) is 3.52. The van der Waals surface area contributed by atoms with E-state index < -0.39 is 0 Å². The summed E-state index contributed by atoms with van der Waals surface area (Å²) in [6.07, 6.45) is 2.32. The van der Waals surface area contributed by atoms with Crippen LogP contribution in [0.1, 0.15) is 30.7 Å². The van der Waals surface area contributed by atoms with Crippen molar-refractivity contribution in [2.24, 2.45) is 0 Å². The molecular formula is C17H21BrN2O. The van der Waals surface area contributed by atoms with E-state index in [9.17, 15) is 0 Å². The average Bonchev–Trinajstić information content (AvgIpc) is 3.10. The van der Waals surface area contributed by atoms with Gasteiger partial charge in [0, 0.05) is 18.8 Å². The molecule has 2 aromatic rings. The van der Waals surface area contributed by atoms with Crippen LogP contribution in [0.4, 0.5) is 5.69 Å². The second-order valence-corrected chi connectivity index (χ2v) is 6.32. The second kappa shape index (κ2) is 6.67. The fraction of sp³-hybridized carbons (Fsp3) is 0.412. The van der Waals surface area contributed by atoms with Crippen LogP contribution in [0, 0.1) is 0 Å². The molecule has 1 atom stereocenters. The van der Waals surface area contributed by atoms with Crippen molar-refractivity contribution in [3.05, 3.63) is 52.4 Å². The van der Waals surface area contributed by atoms with E-state index in [1.54, 1.807) is 0 Å². The van der Waals surface area contributed by atoms with Crippen molar-refractivity contribution in [2.75, 3.05) is 24.5 Å². The fourth-order valence-electron chi connectivity index (χ4n) is 2.89. The van der Waals surface area contributed by atoms with Crippen LogP contribution in [-0.4, -0.2) is 19.6 Å². The normalized spacial score (nSPS) is 15.2. The molecule has 21 heavy (non-hydrogen) atoms. The first-order valence-corrected chi connectivity index (χ1v) is 8.35. The summed E-state index contributed by atoms with van der Waals surface area (Å²) in [6.45, 7) is 5.40. The standard InChI is InChI=1S/C17H21BrN2O/c1-13(16-7-8-17(18)21-16)19-10-4-11-20-12-9-14-5-2-3-6-15(14)20/h2-3,5-8,13,19H,4,9-12H2,1H3. The van der Waals surface area contributed by atoms with E-state index in [4.69, 9.17) is 4.42 Å². The van der Waals surface area contributed by atoms with E-state index >= 15 is 0 Å². The number of hydrogen-bond acceptors (Lipinski definition) is 3. The maximum absolute atomic E-state index is 5.57. The summed E-state index contributed by atoms with van der Waals surface area (Å²) >= 11 is 3.34. The molecule has 1 aliphatic heterocycles. The van der Waals surface area contributed by atoms with Gasteiger partial charge in [-0.15, -0.1) is 0 Å². The number of nitrogens with zero attached hydrogens (tertiary/aromatic N) is 1. The predicted molar refractivity (Wildman–Crippen MR) is 89.8 cm³/mol. The van der Waals surface area contributed by atoms with Gasteiger partial charge in [0.25, 0.3) is 0 Å². The summed E-state index contributed by atoms with van der Waals surface area (Å²) in [6, 6.07) is 12.9. The molecule has 0 amide bonds. The number of para-hydroxylation sites is 1. The lowest BCUT2D eigenvalue weighted by molar-refractivity contribution is 0.417. The first kappa shape index (κ1) is 14.7. The van der Waals surface area contributed by atoms with Crippen LogP contribution in [0.2, 0.25) is 0 Å². The minimum atomic E-state index is 0.252. The molecule has 3 nitrogen and oxygen atoms in total. The number of fused-ring (bicyclic) bond motifs is 1. The fourth-order valence-corrected chi connectivity index (χ4v) is 3.21. The molecule has 1 aromatic heterocycles. The SMILES string of the molecule is CC(NCCCN1CCc2ccccc21)c1ccc(Br)o1. The number of hydrogen-bond donors (Lipinski definition) is 1. The molecule has 0 saturated carbocycles. The largest absolute Gasteiger partial charge is 0.453 e. The lowest BCUT2D eigenvalue weighted by Crippen LogP contribution is -2.26. The van der Waals surface area contributed by atoms with Crippen LogP contribution in [0.15, 0.2) is 45.5 Å². The van der Waals surface area contributed by atoms with Crippen molar-refractivity contribution in [3.8, 4) is 0 Å². The monoisotopic (exact) mass is 348 g/mol. The molecule has 0 fully saturated rings.